The molecule has 0 bridgehead atoms. The lowest BCUT2D eigenvalue weighted by Crippen LogP contribution is -2.37. The minimum absolute atomic E-state index is 0.104. The van der Waals surface area contributed by atoms with Gasteiger partial charge in [0.15, 0.2) is 0 Å². The molecule has 1 aromatic rings. The van der Waals surface area contributed by atoms with Crippen molar-refractivity contribution in [1.82, 2.24) is 9.21 Å². The van der Waals surface area contributed by atoms with E-state index in [9.17, 15) is 13.2 Å². The Labute approximate surface area is 138 Å². The van der Waals surface area contributed by atoms with E-state index in [-0.39, 0.29) is 18.9 Å². The van der Waals surface area contributed by atoms with E-state index in [4.69, 9.17) is 4.74 Å². The maximum absolute atomic E-state index is 12.0. The van der Waals surface area contributed by atoms with Crippen molar-refractivity contribution in [3.8, 4) is 5.75 Å². The van der Waals surface area contributed by atoms with Crippen molar-refractivity contribution < 1.29 is 17.9 Å². The number of rotatable bonds is 9. The Hall–Kier alpha value is -1.64. The van der Waals surface area contributed by atoms with Gasteiger partial charge in [-0.15, -0.1) is 0 Å². The summed E-state index contributed by atoms with van der Waals surface area (Å²) in [6, 6.07) is 6.96. The Morgan fingerprint density at radius 2 is 1.74 bits per heavy atom. The summed E-state index contributed by atoms with van der Waals surface area (Å²) in [5.41, 5.74) is 0.648. The second kappa shape index (κ2) is 8.85. The van der Waals surface area contributed by atoms with Gasteiger partial charge in [0.05, 0.1) is 13.4 Å². The van der Waals surface area contributed by atoms with E-state index >= 15 is 0 Å². The lowest BCUT2D eigenvalue weighted by atomic mass is 10.3. The molecule has 130 valence electrons. The normalized spacial score (nSPS) is 11.7. The van der Waals surface area contributed by atoms with Gasteiger partial charge in [-0.2, -0.15) is 0 Å². The first kappa shape index (κ1) is 19.4. The maximum atomic E-state index is 12.0. The molecule has 0 radical (unpaired) electrons. The van der Waals surface area contributed by atoms with Crippen molar-refractivity contribution in [2.45, 2.75) is 6.42 Å². The molecule has 0 fully saturated rings. The summed E-state index contributed by atoms with van der Waals surface area (Å²) in [4.78, 5) is 13.9. The highest BCUT2D eigenvalue weighted by Crippen LogP contribution is 2.15. The van der Waals surface area contributed by atoms with Crippen molar-refractivity contribution in [2.75, 3.05) is 52.4 Å². The minimum atomic E-state index is -3.33. The number of nitrogens with zero attached hydrogens (tertiary/aromatic N) is 2. The van der Waals surface area contributed by atoms with Crippen LogP contribution in [0.4, 0.5) is 5.69 Å². The van der Waals surface area contributed by atoms with E-state index in [0.717, 1.165) is 6.26 Å². The van der Waals surface area contributed by atoms with Crippen molar-refractivity contribution in [3.05, 3.63) is 24.3 Å². The van der Waals surface area contributed by atoms with E-state index in [2.05, 4.69) is 5.32 Å². The first-order valence-corrected chi connectivity index (χ1v) is 9.11. The van der Waals surface area contributed by atoms with Crippen LogP contribution in [0.15, 0.2) is 24.3 Å². The van der Waals surface area contributed by atoms with Gasteiger partial charge < -0.3 is 15.0 Å². The molecule has 1 aromatic carbocycles. The molecule has 0 aromatic heterocycles. The van der Waals surface area contributed by atoms with Crippen LogP contribution in [0.25, 0.3) is 0 Å². The highest BCUT2D eigenvalue weighted by atomic mass is 32.2. The summed E-state index contributed by atoms with van der Waals surface area (Å²) >= 11 is 0. The molecule has 0 saturated heterocycles. The molecule has 7 nitrogen and oxygen atoms in total. The minimum Gasteiger partial charge on any atom is -0.497 e. The number of anilines is 1. The van der Waals surface area contributed by atoms with E-state index in [0.29, 0.717) is 24.5 Å². The van der Waals surface area contributed by atoms with Crippen LogP contribution in [0, 0.1) is 0 Å². The van der Waals surface area contributed by atoms with Gasteiger partial charge >= 0.3 is 0 Å². The number of hydrogen-bond acceptors (Lipinski definition) is 5. The molecule has 0 atom stereocenters. The van der Waals surface area contributed by atoms with E-state index in [1.165, 1.54) is 4.31 Å². The van der Waals surface area contributed by atoms with Gasteiger partial charge in [0.1, 0.15) is 5.75 Å². The van der Waals surface area contributed by atoms with Gasteiger partial charge in [-0.25, -0.2) is 12.7 Å². The summed E-state index contributed by atoms with van der Waals surface area (Å²) in [5, 5.41) is 2.74. The molecule has 0 heterocycles. The van der Waals surface area contributed by atoms with E-state index in [1.807, 2.05) is 19.0 Å². The smallest absolute Gasteiger partial charge is 0.225 e. The van der Waals surface area contributed by atoms with Gasteiger partial charge in [0.2, 0.25) is 15.9 Å². The average molecular weight is 343 g/mol. The molecule has 1 N–H and O–H groups in total. The van der Waals surface area contributed by atoms with Crippen LogP contribution in [-0.4, -0.2) is 70.6 Å². The van der Waals surface area contributed by atoms with Crippen LogP contribution >= 0.6 is 0 Å². The lowest BCUT2D eigenvalue weighted by Gasteiger charge is -2.21. The lowest BCUT2D eigenvalue weighted by molar-refractivity contribution is -0.116. The average Bonchev–Trinajstić information content (AvgIpc) is 2.46. The Kier molecular flexibility index (Phi) is 7.47. The molecular weight excluding hydrogens is 318 g/mol. The number of ether oxygens (including phenoxy) is 1. The van der Waals surface area contributed by atoms with Crippen LogP contribution < -0.4 is 10.1 Å². The molecule has 8 heteroatoms. The zero-order chi connectivity index (χ0) is 17.5. The standard InChI is InChI=1S/C15H25N3O4S/c1-17(2)11-12-18(23(4,20)21)10-9-15(19)16-13-5-7-14(22-3)8-6-13/h5-8H,9-12H2,1-4H3,(H,16,19). The molecule has 1 rings (SSSR count). The van der Waals surface area contributed by atoms with Gasteiger partial charge in [-0.1, -0.05) is 0 Å². The van der Waals surface area contributed by atoms with Crippen LogP contribution in [0.1, 0.15) is 6.42 Å². The molecular formula is C15H25N3O4S. The van der Waals surface area contributed by atoms with Crippen molar-refractivity contribution >= 4 is 21.6 Å². The van der Waals surface area contributed by atoms with Gasteiger partial charge in [-0.3, -0.25) is 4.79 Å². The third-order valence-electron chi connectivity index (χ3n) is 3.23. The number of hydrogen-bond donors (Lipinski definition) is 1. The summed E-state index contributed by atoms with van der Waals surface area (Å²) < 4.78 is 29.9. The Morgan fingerprint density at radius 3 is 2.22 bits per heavy atom. The topological polar surface area (TPSA) is 79.0 Å². The predicted molar refractivity (Wildman–Crippen MR) is 91.2 cm³/mol. The monoisotopic (exact) mass is 343 g/mol. The first-order chi connectivity index (χ1) is 10.7. The highest BCUT2D eigenvalue weighted by Gasteiger charge is 2.17. The number of carbonyl (C=O) groups excluding carboxylic acids is 1. The van der Waals surface area contributed by atoms with Gasteiger partial charge in [0, 0.05) is 31.7 Å². The first-order valence-electron chi connectivity index (χ1n) is 7.26. The SMILES string of the molecule is COc1ccc(NC(=O)CCN(CCN(C)C)S(C)(=O)=O)cc1. The fourth-order valence-electron chi connectivity index (χ4n) is 1.88. The summed E-state index contributed by atoms with van der Waals surface area (Å²) in [5.74, 6) is 0.476. The predicted octanol–water partition coefficient (Wildman–Crippen LogP) is 0.847. The van der Waals surface area contributed by atoms with Gasteiger partial charge in [0.25, 0.3) is 0 Å². The number of amides is 1. The third kappa shape index (κ3) is 7.45. The Morgan fingerprint density at radius 1 is 1.13 bits per heavy atom. The number of methoxy groups -OCH3 is 1. The second-order valence-corrected chi connectivity index (χ2v) is 7.47. The molecule has 0 saturated carbocycles. The Bertz CT molecular complexity index is 600. The number of sulfonamides is 1. The number of benzene rings is 1. The highest BCUT2D eigenvalue weighted by molar-refractivity contribution is 7.88. The molecule has 0 aliphatic carbocycles. The molecule has 23 heavy (non-hydrogen) atoms. The Balaban J connectivity index is 2.53. The van der Waals surface area contributed by atoms with Gasteiger partial charge in [-0.05, 0) is 38.4 Å². The molecule has 0 aliphatic heterocycles. The van der Waals surface area contributed by atoms with E-state index < -0.39 is 10.0 Å². The van der Waals surface area contributed by atoms with Crippen LogP contribution in [0.3, 0.4) is 0 Å². The number of nitrogens with one attached hydrogen (secondary N) is 1. The number of likely N-dealkylation sites (N-methyl/N-ethyl adjacent to an activating group) is 1. The molecule has 0 spiro atoms. The summed E-state index contributed by atoms with van der Waals surface area (Å²) in [6.45, 7) is 1.13. The zero-order valence-corrected chi connectivity index (χ0v) is 14.9. The molecule has 0 aliphatic rings. The zero-order valence-electron chi connectivity index (χ0n) is 14.1. The summed E-state index contributed by atoms with van der Waals surface area (Å²) in [7, 11) is 1.99. The van der Waals surface area contributed by atoms with Crippen LogP contribution in [0.5, 0.6) is 5.75 Å². The van der Waals surface area contributed by atoms with Crippen molar-refractivity contribution in [1.29, 1.82) is 0 Å². The third-order valence-corrected chi connectivity index (χ3v) is 4.53. The quantitative estimate of drug-likeness (QED) is 0.719. The van der Waals surface area contributed by atoms with Crippen LogP contribution in [0.2, 0.25) is 0 Å². The molecule has 0 unspecified atom stereocenters. The van der Waals surface area contributed by atoms with Crippen molar-refractivity contribution in [3.63, 3.8) is 0 Å². The summed E-state index contributed by atoms with van der Waals surface area (Å²) in [6.07, 6.45) is 1.26. The molecule has 1 amide bonds. The second-order valence-electron chi connectivity index (χ2n) is 5.49. The largest absolute Gasteiger partial charge is 0.497 e. The van der Waals surface area contributed by atoms with Crippen molar-refractivity contribution in [2.24, 2.45) is 0 Å². The fraction of sp³-hybridized carbons (Fsp3) is 0.533. The van der Waals surface area contributed by atoms with E-state index in [1.54, 1.807) is 31.4 Å². The maximum Gasteiger partial charge on any atom is 0.225 e. The fourth-order valence-corrected chi connectivity index (χ4v) is 2.72. The van der Waals surface area contributed by atoms with Crippen LogP contribution in [-0.2, 0) is 14.8 Å². The number of carbonyl (C=O) groups is 1.